The first-order chi connectivity index (χ1) is 13.9. The SMILES string of the molecule is [O-][S@+]1CCc2nc(N3CC(O)(c4ccc(Cl)cc4)C3)nc(NC3(CO)CCC3)c21. The Kier molecular flexibility index (Phi) is 4.67. The Morgan fingerprint density at radius 3 is 2.55 bits per heavy atom. The Balaban J connectivity index is 1.41. The van der Waals surface area contributed by atoms with Gasteiger partial charge in [-0.2, -0.15) is 4.98 Å². The number of aliphatic hydroxyl groups excluding tert-OH is 1. The van der Waals surface area contributed by atoms with Crippen LogP contribution in [0, 0.1) is 0 Å². The van der Waals surface area contributed by atoms with Crippen molar-refractivity contribution >= 4 is 34.5 Å². The fraction of sp³-hybridized carbons (Fsp3) is 0.500. The monoisotopic (exact) mass is 434 g/mol. The van der Waals surface area contributed by atoms with Crippen LogP contribution in [-0.2, 0) is 23.2 Å². The van der Waals surface area contributed by atoms with Crippen molar-refractivity contribution in [3.8, 4) is 0 Å². The molecule has 0 spiro atoms. The quantitative estimate of drug-likeness (QED) is 0.616. The highest BCUT2D eigenvalue weighted by atomic mass is 35.5. The molecule has 3 N–H and O–H groups in total. The van der Waals surface area contributed by atoms with Gasteiger partial charge in [-0.15, -0.1) is 0 Å². The van der Waals surface area contributed by atoms with Gasteiger partial charge in [0.2, 0.25) is 10.8 Å². The minimum Gasteiger partial charge on any atom is -0.611 e. The lowest BCUT2D eigenvalue weighted by molar-refractivity contribution is 0.00651. The minimum absolute atomic E-state index is 0.0216. The molecule has 0 radical (unpaired) electrons. The average Bonchev–Trinajstić information content (AvgIpc) is 3.03. The number of benzene rings is 1. The van der Waals surface area contributed by atoms with Crippen molar-refractivity contribution in [2.75, 3.05) is 35.7 Å². The summed E-state index contributed by atoms with van der Waals surface area (Å²) in [5, 5.41) is 24.8. The number of aryl methyl sites for hydroxylation is 1. The van der Waals surface area contributed by atoms with Crippen molar-refractivity contribution < 1.29 is 14.8 Å². The van der Waals surface area contributed by atoms with Crippen molar-refractivity contribution in [1.29, 1.82) is 0 Å². The van der Waals surface area contributed by atoms with Gasteiger partial charge in [-0.1, -0.05) is 23.7 Å². The third-order valence-corrected chi connectivity index (χ3v) is 7.95. The van der Waals surface area contributed by atoms with Crippen molar-refractivity contribution in [3.05, 3.63) is 40.5 Å². The van der Waals surface area contributed by atoms with E-state index in [1.165, 1.54) is 0 Å². The predicted octanol–water partition coefficient (Wildman–Crippen LogP) is 1.83. The van der Waals surface area contributed by atoms with E-state index in [1.807, 2.05) is 17.0 Å². The largest absolute Gasteiger partial charge is 0.611 e. The van der Waals surface area contributed by atoms with Gasteiger partial charge in [0, 0.05) is 11.4 Å². The Morgan fingerprint density at radius 1 is 1.21 bits per heavy atom. The number of fused-ring (bicyclic) bond motifs is 1. The van der Waals surface area contributed by atoms with Crippen molar-refractivity contribution in [1.82, 2.24) is 9.97 Å². The van der Waals surface area contributed by atoms with Gasteiger partial charge in [0.15, 0.2) is 5.82 Å². The lowest BCUT2D eigenvalue weighted by Crippen LogP contribution is -2.60. The predicted molar refractivity (Wildman–Crippen MR) is 112 cm³/mol. The first kappa shape index (κ1) is 19.4. The van der Waals surface area contributed by atoms with E-state index >= 15 is 0 Å². The molecular formula is C20H23ClN4O3S. The summed E-state index contributed by atoms with van der Waals surface area (Å²) < 4.78 is 12.5. The third kappa shape index (κ3) is 3.27. The molecule has 29 heavy (non-hydrogen) atoms. The molecule has 1 aromatic heterocycles. The number of hydrogen-bond donors (Lipinski definition) is 3. The molecule has 0 bridgehead atoms. The van der Waals surface area contributed by atoms with E-state index in [9.17, 15) is 14.8 Å². The average molecular weight is 435 g/mol. The zero-order valence-corrected chi connectivity index (χ0v) is 17.5. The van der Waals surface area contributed by atoms with Gasteiger partial charge >= 0.3 is 0 Å². The lowest BCUT2D eigenvalue weighted by Gasteiger charge is -2.47. The molecule has 2 aliphatic heterocycles. The van der Waals surface area contributed by atoms with E-state index in [0.717, 1.165) is 30.5 Å². The molecule has 7 nitrogen and oxygen atoms in total. The highest BCUT2D eigenvalue weighted by molar-refractivity contribution is 7.91. The first-order valence-electron chi connectivity index (χ1n) is 9.83. The summed E-state index contributed by atoms with van der Waals surface area (Å²) in [6.07, 6.45) is 3.43. The number of halogens is 1. The van der Waals surface area contributed by atoms with Gasteiger partial charge in [-0.3, -0.25) is 0 Å². The number of nitrogens with zero attached hydrogens (tertiary/aromatic N) is 3. The van der Waals surface area contributed by atoms with Crippen LogP contribution < -0.4 is 10.2 Å². The van der Waals surface area contributed by atoms with Gasteiger partial charge in [-0.25, -0.2) is 4.98 Å². The highest BCUT2D eigenvalue weighted by Gasteiger charge is 2.46. The molecule has 154 valence electrons. The van der Waals surface area contributed by atoms with E-state index in [4.69, 9.17) is 11.6 Å². The van der Waals surface area contributed by atoms with Crippen molar-refractivity contribution in [3.63, 3.8) is 0 Å². The topological polar surface area (TPSA) is 105 Å². The maximum Gasteiger partial charge on any atom is 0.228 e. The molecule has 5 rings (SSSR count). The molecule has 3 heterocycles. The van der Waals surface area contributed by atoms with E-state index in [0.29, 0.717) is 46.9 Å². The minimum atomic E-state index is -1.13. The Labute approximate surface area is 177 Å². The Hall–Kier alpha value is -1.58. The zero-order chi connectivity index (χ0) is 20.2. The summed E-state index contributed by atoms with van der Waals surface area (Å²) in [6.45, 7) is 0.774. The molecule has 2 fully saturated rings. The van der Waals surface area contributed by atoms with Crippen molar-refractivity contribution in [2.24, 2.45) is 0 Å². The smallest absolute Gasteiger partial charge is 0.228 e. The molecule has 9 heteroatoms. The zero-order valence-electron chi connectivity index (χ0n) is 15.9. The first-order valence-corrected chi connectivity index (χ1v) is 11.5. The molecule has 0 amide bonds. The van der Waals surface area contributed by atoms with E-state index < -0.39 is 16.8 Å². The molecule has 1 aromatic carbocycles. The van der Waals surface area contributed by atoms with E-state index in [1.54, 1.807) is 12.1 Å². The standard InChI is InChI=1S/C20H23ClN4O3S/c21-14-4-2-13(3-5-14)20(27)10-25(11-20)18-22-15-6-9-29(28)16(15)17(23-18)24-19(12-26)7-1-8-19/h2-5,26-27H,1,6-12H2,(H,22,23,24)/t29-/m1/s1. The molecule has 1 atom stereocenters. The van der Waals surface area contributed by atoms with Crippen LogP contribution in [0.1, 0.15) is 30.5 Å². The van der Waals surface area contributed by atoms with Crippen LogP contribution in [-0.4, -0.2) is 55.7 Å². The second kappa shape index (κ2) is 6.99. The van der Waals surface area contributed by atoms with Crippen LogP contribution in [0.15, 0.2) is 29.2 Å². The molecule has 1 saturated carbocycles. The number of β-amino-alcohol motifs (C(OH)–C–C–N with tert-alkyl or cyclic N) is 1. The van der Waals surface area contributed by atoms with Gasteiger partial charge in [-0.05, 0) is 48.1 Å². The molecule has 1 saturated heterocycles. The summed E-state index contributed by atoms with van der Waals surface area (Å²) in [4.78, 5) is 11.9. The number of rotatable bonds is 5. The summed E-state index contributed by atoms with van der Waals surface area (Å²) in [5.74, 6) is 1.64. The fourth-order valence-corrected chi connectivity index (χ4v) is 5.69. The molecule has 2 aromatic rings. The van der Waals surface area contributed by atoms with Crippen molar-refractivity contribution in [2.45, 2.75) is 41.7 Å². The van der Waals surface area contributed by atoms with Crippen LogP contribution in [0.25, 0.3) is 0 Å². The second-order valence-electron chi connectivity index (χ2n) is 8.26. The molecule has 3 aliphatic rings. The number of aromatic nitrogens is 2. The maximum absolute atomic E-state index is 12.5. The second-order valence-corrected chi connectivity index (χ2v) is 10.2. The summed E-state index contributed by atoms with van der Waals surface area (Å²) >= 11 is 4.82. The number of anilines is 2. The van der Waals surface area contributed by atoms with Crippen LogP contribution in [0.2, 0.25) is 5.02 Å². The summed E-state index contributed by atoms with van der Waals surface area (Å²) in [6, 6.07) is 7.21. The van der Waals surface area contributed by atoms with Crippen LogP contribution in [0.3, 0.4) is 0 Å². The van der Waals surface area contributed by atoms with Gasteiger partial charge in [0.25, 0.3) is 0 Å². The lowest BCUT2D eigenvalue weighted by atomic mass is 9.77. The summed E-state index contributed by atoms with van der Waals surface area (Å²) in [5.41, 5.74) is 0.257. The van der Waals surface area contributed by atoms with E-state index in [2.05, 4.69) is 15.3 Å². The summed E-state index contributed by atoms with van der Waals surface area (Å²) in [7, 11) is 0. The van der Waals surface area contributed by atoms with Crippen LogP contribution in [0.5, 0.6) is 0 Å². The number of nitrogens with one attached hydrogen (secondary N) is 1. The highest BCUT2D eigenvalue weighted by Crippen LogP contribution is 2.41. The van der Waals surface area contributed by atoms with Gasteiger partial charge in [0.1, 0.15) is 17.0 Å². The molecular weight excluding hydrogens is 412 g/mol. The van der Waals surface area contributed by atoms with Gasteiger partial charge in [0.05, 0.1) is 25.2 Å². The normalized spacial score (nSPS) is 23.9. The van der Waals surface area contributed by atoms with Crippen LogP contribution in [0.4, 0.5) is 11.8 Å². The Morgan fingerprint density at radius 2 is 1.93 bits per heavy atom. The Bertz CT molecular complexity index is 927. The third-order valence-electron chi connectivity index (χ3n) is 6.24. The van der Waals surface area contributed by atoms with E-state index in [-0.39, 0.29) is 12.1 Å². The van der Waals surface area contributed by atoms with Gasteiger partial charge < -0.3 is 25.0 Å². The maximum atomic E-state index is 12.5. The molecule has 1 aliphatic carbocycles. The number of hydrogen-bond acceptors (Lipinski definition) is 7. The number of aliphatic hydroxyl groups is 2. The van der Waals surface area contributed by atoms with Crippen LogP contribution >= 0.6 is 11.6 Å². The fourth-order valence-electron chi connectivity index (χ4n) is 4.26. The molecule has 0 unspecified atom stereocenters.